The van der Waals surface area contributed by atoms with Crippen molar-refractivity contribution in [2.45, 2.75) is 109 Å². The van der Waals surface area contributed by atoms with Gasteiger partial charge in [0.15, 0.2) is 0 Å². The second-order valence-corrected chi connectivity index (χ2v) is 12.4. The number of rotatable bonds is 17. The molecule has 0 aliphatic rings. The normalized spacial score (nSPS) is 13.5. The summed E-state index contributed by atoms with van der Waals surface area (Å²) in [5.74, 6) is 1.21. The molecular weight excluding hydrogens is 520 g/mol. The van der Waals surface area contributed by atoms with Crippen LogP contribution in [0.3, 0.4) is 0 Å². The predicted molar refractivity (Wildman–Crippen MR) is 188 cm³/mol. The third-order valence-electron chi connectivity index (χ3n) is 9.26. The lowest BCUT2D eigenvalue weighted by Gasteiger charge is -2.22. The van der Waals surface area contributed by atoms with E-state index in [9.17, 15) is 0 Å². The van der Waals surface area contributed by atoms with Crippen LogP contribution >= 0.6 is 0 Å². The molecule has 4 N–H and O–H groups in total. The molecule has 0 aliphatic carbocycles. The summed E-state index contributed by atoms with van der Waals surface area (Å²) < 4.78 is 0. The third kappa shape index (κ3) is 9.23. The van der Waals surface area contributed by atoms with Gasteiger partial charge in [-0.15, -0.1) is 0 Å². The van der Waals surface area contributed by atoms with Gasteiger partial charge in [0.2, 0.25) is 0 Å². The number of hydrogen-bond acceptors (Lipinski definition) is 2. The van der Waals surface area contributed by atoms with Crippen molar-refractivity contribution in [2.24, 2.45) is 0 Å². The van der Waals surface area contributed by atoms with Gasteiger partial charge in [-0.1, -0.05) is 145 Å². The maximum absolute atomic E-state index is 6.02. The Hall–Kier alpha value is -3.52. The van der Waals surface area contributed by atoms with Crippen molar-refractivity contribution in [3.8, 4) is 0 Å². The fourth-order valence-corrected chi connectivity index (χ4v) is 6.64. The monoisotopic (exact) mass is 574 g/mol. The smallest absolute Gasteiger partial charge is 0.0314 e. The Morgan fingerprint density at radius 1 is 0.372 bits per heavy atom. The van der Waals surface area contributed by atoms with Crippen molar-refractivity contribution in [1.82, 2.24) is 0 Å². The molecule has 0 saturated heterocycles. The van der Waals surface area contributed by atoms with Crippen LogP contribution < -0.4 is 11.5 Å². The molecule has 43 heavy (non-hydrogen) atoms. The highest BCUT2D eigenvalue weighted by Gasteiger charge is 2.19. The Bertz CT molecular complexity index is 1220. The van der Waals surface area contributed by atoms with E-state index in [1.54, 1.807) is 0 Å². The van der Waals surface area contributed by atoms with E-state index in [2.05, 4.69) is 93.6 Å². The Balaban J connectivity index is 1.53. The van der Waals surface area contributed by atoms with Gasteiger partial charge in [-0.25, -0.2) is 0 Å². The van der Waals surface area contributed by atoms with E-state index in [0.717, 1.165) is 17.8 Å². The Kier molecular flexibility index (Phi) is 12.8. The molecule has 228 valence electrons. The van der Waals surface area contributed by atoms with Crippen molar-refractivity contribution < 1.29 is 0 Å². The molecule has 0 heterocycles. The summed E-state index contributed by atoms with van der Waals surface area (Å²) in [6.45, 7) is 6.86. The lowest BCUT2D eigenvalue weighted by atomic mass is 9.82. The zero-order valence-electron chi connectivity index (χ0n) is 26.9. The zero-order valence-corrected chi connectivity index (χ0v) is 26.9. The summed E-state index contributed by atoms with van der Waals surface area (Å²) >= 11 is 0. The minimum atomic E-state index is 0.391. The SMILES string of the molecule is CCCCCCC(c1ccc(N)cc1)c1ccc(C(CC)c2ccc(C(CCCCCC)c3ccc(N)cc3)cc2)cc1. The van der Waals surface area contributed by atoms with Gasteiger partial charge in [-0.05, 0) is 76.9 Å². The lowest BCUT2D eigenvalue weighted by Crippen LogP contribution is -2.05. The summed E-state index contributed by atoms with van der Waals surface area (Å²) in [6.07, 6.45) is 13.7. The van der Waals surface area contributed by atoms with E-state index in [1.807, 2.05) is 24.3 Å². The Morgan fingerprint density at radius 3 is 0.930 bits per heavy atom. The number of nitrogen functional groups attached to an aromatic ring is 2. The van der Waals surface area contributed by atoms with Crippen LogP contribution in [0.4, 0.5) is 11.4 Å². The van der Waals surface area contributed by atoms with Crippen LogP contribution in [-0.2, 0) is 0 Å². The standard InChI is InChI=1S/C41H54N2/c1-4-7-9-11-13-40(35-23-27-37(42)28-24-35)33-19-15-31(16-20-33)39(6-3)32-17-21-34(22-18-32)41(14-12-10-8-5-2)36-25-29-38(43)30-26-36/h15-30,39-41H,4-14,42-43H2,1-3H3. The molecule has 4 rings (SSSR count). The summed E-state index contributed by atoms with van der Waals surface area (Å²) in [7, 11) is 0. The second-order valence-electron chi connectivity index (χ2n) is 12.4. The molecule has 0 fully saturated rings. The third-order valence-corrected chi connectivity index (χ3v) is 9.26. The van der Waals surface area contributed by atoms with Gasteiger partial charge in [0.05, 0.1) is 0 Å². The molecule has 4 aromatic rings. The van der Waals surface area contributed by atoms with Crippen LogP contribution in [0.2, 0.25) is 0 Å². The molecule has 0 radical (unpaired) electrons. The maximum Gasteiger partial charge on any atom is 0.0314 e. The van der Waals surface area contributed by atoms with Crippen LogP contribution in [0.1, 0.15) is 143 Å². The molecule has 0 spiro atoms. The Labute approximate surface area is 261 Å². The highest BCUT2D eigenvalue weighted by molar-refractivity contribution is 5.45. The molecule has 4 aromatic carbocycles. The fraction of sp³-hybridized carbons (Fsp3) is 0.415. The van der Waals surface area contributed by atoms with Crippen molar-refractivity contribution in [3.05, 3.63) is 130 Å². The van der Waals surface area contributed by atoms with Crippen LogP contribution in [0, 0.1) is 0 Å². The first-order chi connectivity index (χ1) is 21.0. The molecule has 2 nitrogen and oxygen atoms in total. The average molecular weight is 575 g/mol. The molecule has 2 atom stereocenters. The van der Waals surface area contributed by atoms with Gasteiger partial charge >= 0.3 is 0 Å². The maximum atomic E-state index is 6.02. The van der Waals surface area contributed by atoms with Gasteiger partial charge in [-0.2, -0.15) is 0 Å². The highest BCUT2D eigenvalue weighted by atomic mass is 14.5. The summed E-state index contributed by atoms with van der Waals surface area (Å²) in [5.41, 5.74) is 22.0. The van der Waals surface area contributed by atoms with Gasteiger partial charge < -0.3 is 11.5 Å². The predicted octanol–water partition coefficient (Wildman–Crippen LogP) is 11.6. The van der Waals surface area contributed by atoms with E-state index < -0.39 is 0 Å². The number of hydrogen-bond donors (Lipinski definition) is 2. The lowest BCUT2D eigenvalue weighted by molar-refractivity contribution is 0.596. The van der Waals surface area contributed by atoms with E-state index in [4.69, 9.17) is 11.5 Å². The van der Waals surface area contributed by atoms with Crippen molar-refractivity contribution in [2.75, 3.05) is 11.5 Å². The minimum absolute atomic E-state index is 0.391. The second kappa shape index (κ2) is 16.9. The molecule has 2 unspecified atom stereocenters. The summed E-state index contributed by atoms with van der Waals surface area (Å²) in [5, 5.41) is 0. The first-order valence-electron chi connectivity index (χ1n) is 16.9. The minimum Gasteiger partial charge on any atom is -0.399 e. The van der Waals surface area contributed by atoms with Crippen molar-refractivity contribution in [1.29, 1.82) is 0 Å². The number of anilines is 2. The van der Waals surface area contributed by atoms with E-state index in [1.165, 1.54) is 97.6 Å². The molecule has 0 amide bonds. The molecule has 0 bridgehead atoms. The van der Waals surface area contributed by atoms with Crippen LogP contribution in [-0.4, -0.2) is 0 Å². The van der Waals surface area contributed by atoms with Crippen molar-refractivity contribution >= 4 is 11.4 Å². The average Bonchev–Trinajstić information content (AvgIpc) is 3.04. The zero-order chi connectivity index (χ0) is 30.4. The van der Waals surface area contributed by atoms with Gasteiger partial charge in [0, 0.05) is 29.1 Å². The van der Waals surface area contributed by atoms with E-state index >= 15 is 0 Å². The fourth-order valence-electron chi connectivity index (χ4n) is 6.64. The van der Waals surface area contributed by atoms with Gasteiger partial charge in [0.1, 0.15) is 0 Å². The van der Waals surface area contributed by atoms with Crippen LogP contribution in [0.25, 0.3) is 0 Å². The largest absolute Gasteiger partial charge is 0.399 e. The van der Waals surface area contributed by atoms with Gasteiger partial charge in [-0.3, -0.25) is 0 Å². The van der Waals surface area contributed by atoms with Crippen LogP contribution in [0.5, 0.6) is 0 Å². The number of nitrogens with two attached hydrogens (primary N) is 2. The van der Waals surface area contributed by atoms with Crippen molar-refractivity contribution in [3.63, 3.8) is 0 Å². The number of unbranched alkanes of at least 4 members (excludes halogenated alkanes) is 6. The van der Waals surface area contributed by atoms with Gasteiger partial charge in [0.25, 0.3) is 0 Å². The molecule has 0 aliphatic heterocycles. The highest BCUT2D eigenvalue weighted by Crippen LogP contribution is 2.36. The summed E-state index contributed by atoms with van der Waals surface area (Å²) in [4.78, 5) is 0. The van der Waals surface area contributed by atoms with E-state index in [-0.39, 0.29) is 0 Å². The van der Waals surface area contributed by atoms with Crippen LogP contribution in [0.15, 0.2) is 97.1 Å². The number of benzene rings is 4. The molecule has 0 saturated carbocycles. The first kappa shape index (κ1) is 32.4. The summed E-state index contributed by atoms with van der Waals surface area (Å²) in [6, 6.07) is 36.0. The molecule has 0 aromatic heterocycles. The molecular formula is C41H54N2. The Morgan fingerprint density at radius 2 is 0.651 bits per heavy atom. The molecule has 2 heteroatoms. The quantitative estimate of drug-likeness (QED) is 0.0973. The first-order valence-corrected chi connectivity index (χ1v) is 16.9. The van der Waals surface area contributed by atoms with E-state index in [0.29, 0.717) is 17.8 Å². The topological polar surface area (TPSA) is 52.0 Å².